The molecule has 1 aromatic carbocycles. The molecule has 0 radical (unpaired) electrons. The second-order valence-electron chi connectivity index (χ2n) is 6.17. The van der Waals surface area contributed by atoms with E-state index in [9.17, 15) is 0 Å². The van der Waals surface area contributed by atoms with Crippen molar-refractivity contribution in [1.29, 1.82) is 0 Å². The van der Waals surface area contributed by atoms with Crippen molar-refractivity contribution in [1.82, 2.24) is 24.0 Å². The molecule has 0 bridgehead atoms. The molecule has 25 heavy (non-hydrogen) atoms. The first kappa shape index (κ1) is 14.6. The predicted octanol–water partition coefficient (Wildman–Crippen LogP) is 2.37. The van der Waals surface area contributed by atoms with Gasteiger partial charge in [0.05, 0.1) is 4.70 Å². The highest BCUT2D eigenvalue weighted by Crippen LogP contribution is 2.30. The summed E-state index contributed by atoms with van der Waals surface area (Å²) in [6, 6.07) is 8.43. The third kappa shape index (κ3) is 2.32. The molecule has 126 valence electrons. The molecule has 0 aliphatic carbocycles. The summed E-state index contributed by atoms with van der Waals surface area (Å²) in [4.78, 5) is 9.20. The van der Waals surface area contributed by atoms with Crippen LogP contribution in [-0.2, 0) is 0 Å². The summed E-state index contributed by atoms with van der Waals surface area (Å²) in [5.74, 6) is 2.89. The topological polar surface area (TPSA) is 62.5 Å². The minimum absolute atomic E-state index is 0.826. The van der Waals surface area contributed by atoms with Gasteiger partial charge in [0.2, 0.25) is 5.65 Å². The van der Waals surface area contributed by atoms with Gasteiger partial charge in [0.1, 0.15) is 11.6 Å². The molecule has 5 rings (SSSR count). The van der Waals surface area contributed by atoms with Crippen molar-refractivity contribution in [2.45, 2.75) is 6.92 Å². The lowest BCUT2D eigenvalue weighted by Crippen LogP contribution is -2.47. The molecule has 1 aliphatic rings. The molecule has 0 amide bonds. The number of rotatable bonds is 2. The Balaban J connectivity index is 1.41. The van der Waals surface area contributed by atoms with Gasteiger partial charge in [-0.15, -0.1) is 10.2 Å². The molecule has 1 saturated heterocycles. The molecule has 3 aromatic heterocycles. The maximum Gasteiger partial charge on any atom is 0.203 e. The van der Waals surface area contributed by atoms with Gasteiger partial charge in [-0.3, -0.25) is 4.40 Å². The Morgan fingerprint density at radius 2 is 1.72 bits per heavy atom. The van der Waals surface area contributed by atoms with E-state index in [0.717, 1.165) is 49.3 Å². The molecule has 1 aliphatic heterocycles. The number of benzene rings is 1. The van der Waals surface area contributed by atoms with Crippen LogP contribution >= 0.6 is 11.5 Å². The SMILES string of the molecule is Cc1nnc2c(N3CCN(c4nsc5ccccc45)CC3)nccn12. The van der Waals surface area contributed by atoms with E-state index in [1.54, 1.807) is 11.5 Å². The summed E-state index contributed by atoms with van der Waals surface area (Å²) >= 11 is 1.57. The van der Waals surface area contributed by atoms with Gasteiger partial charge in [-0.05, 0) is 30.6 Å². The second kappa shape index (κ2) is 5.66. The van der Waals surface area contributed by atoms with E-state index in [4.69, 9.17) is 0 Å². The van der Waals surface area contributed by atoms with Gasteiger partial charge in [-0.2, -0.15) is 4.37 Å². The van der Waals surface area contributed by atoms with Crippen molar-refractivity contribution in [2.75, 3.05) is 36.0 Å². The number of hydrogen-bond donors (Lipinski definition) is 0. The van der Waals surface area contributed by atoms with E-state index in [1.807, 2.05) is 23.7 Å². The number of hydrogen-bond acceptors (Lipinski definition) is 7. The number of aromatic nitrogens is 5. The zero-order valence-electron chi connectivity index (χ0n) is 13.8. The van der Waals surface area contributed by atoms with Crippen molar-refractivity contribution in [3.63, 3.8) is 0 Å². The molecule has 8 heteroatoms. The van der Waals surface area contributed by atoms with Crippen LogP contribution in [0, 0.1) is 6.92 Å². The molecule has 0 N–H and O–H groups in total. The molecular formula is C17H17N7S. The molecule has 1 fully saturated rings. The fourth-order valence-electron chi connectivity index (χ4n) is 3.38. The molecule has 4 aromatic rings. The summed E-state index contributed by atoms with van der Waals surface area (Å²) in [6.07, 6.45) is 3.73. The highest BCUT2D eigenvalue weighted by Gasteiger charge is 2.23. The first-order chi connectivity index (χ1) is 12.3. The van der Waals surface area contributed by atoms with Crippen molar-refractivity contribution in [2.24, 2.45) is 0 Å². The van der Waals surface area contributed by atoms with E-state index >= 15 is 0 Å². The Kier molecular flexibility index (Phi) is 3.30. The molecule has 0 unspecified atom stereocenters. The molecule has 7 nitrogen and oxygen atoms in total. The van der Waals surface area contributed by atoms with Gasteiger partial charge in [0, 0.05) is 44.0 Å². The van der Waals surface area contributed by atoms with Gasteiger partial charge < -0.3 is 9.80 Å². The van der Waals surface area contributed by atoms with Gasteiger partial charge in [0.15, 0.2) is 5.82 Å². The van der Waals surface area contributed by atoms with Gasteiger partial charge in [0.25, 0.3) is 0 Å². The lowest BCUT2D eigenvalue weighted by molar-refractivity contribution is 0.645. The highest BCUT2D eigenvalue weighted by atomic mass is 32.1. The van der Waals surface area contributed by atoms with E-state index in [-0.39, 0.29) is 0 Å². The lowest BCUT2D eigenvalue weighted by atomic mass is 10.2. The zero-order valence-corrected chi connectivity index (χ0v) is 14.6. The van der Waals surface area contributed by atoms with Crippen molar-refractivity contribution in [3.05, 3.63) is 42.5 Å². The quantitative estimate of drug-likeness (QED) is 0.552. The number of piperazine rings is 1. The van der Waals surface area contributed by atoms with Crippen molar-refractivity contribution < 1.29 is 0 Å². The minimum Gasteiger partial charge on any atom is -0.352 e. The lowest BCUT2D eigenvalue weighted by Gasteiger charge is -2.35. The average Bonchev–Trinajstić information content (AvgIpc) is 3.26. The van der Waals surface area contributed by atoms with Crippen LogP contribution in [-0.4, -0.2) is 50.1 Å². The van der Waals surface area contributed by atoms with Crippen LogP contribution in [0.1, 0.15) is 5.82 Å². The van der Waals surface area contributed by atoms with Gasteiger partial charge in [-0.1, -0.05) is 12.1 Å². The van der Waals surface area contributed by atoms with Crippen LogP contribution in [0.15, 0.2) is 36.7 Å². The Bertz CT molecular complexity index is 1050. The second-order valence-corrected chi connectivity index (χ2v) is 6.97. The number of aryl methyl sites for hydroxylation is 1. The van der Waals surface area contributed by atoms with Gasteiger partial charge >= 0.3 is 0 Å². The molecular weight excluding hydrogens is 334 g/mol. The maximum absolute atomic E-state index is 4.68. The largest absolute Gasteiger partial charge is 0.352 e. The average molecular weight is 351 g/mol. The smallest absolute Gasteiger partial charge is 0.203 e. The van der Waals surface area contributed by atoms with Crippen LogP contribution in [0.3, 0.4) is 0 Å². The monoisotopic (exact) mass is 351 g/mol. The standard InChI is InChI=1S/C17H17N7S/c1-12-19-20-17-16(18-6-7-24(12)17)23-10-8-22(9-11-23)15-13-4-2-3-5-14(13)25-21-15/h2-7H,8-11H2,1H3. The summed E-state index contributed by atoms with van der Waals surface area (Å²) in [6.45, 7) is 5.58. The van der Waals surface area contributed by atoms with Crippen molar-refractivity contribution in [3.8, 4) is 0 Å². The van der Waals surface area contributed by atoms with Crippen molar-refractivity contribution >= 4 is 38.9 Å². The summed E-state index contributed by atoms with van der Waals surface area (Å²) in [5, 5.41) is 9.70. The Morgan fingerprint density at radius 3 is 2.56 bits per heavy atom. The summed E-state index contributed by atoms with van der Waals surface area (Å²) in [7, 11) is 0. The predicted molar refractivity (Wildman–Crippen MR) is 99.6 cm³/mol. The van der Waals surface area contributed by atoms with E-state index in [2.05, 4.69) is 53.6 Å². The third-order valence-electron chi connectivity index (χ3n) is 4.72. The van der Waals surface area contributed by atoms with Gasteiger partial charge in [-0.25, -0.2) is 4.98 Å². The Labute approximate surface area is 148 Å². The molecule has 0 saturated carbocycles. The maximum atomic E-state index is 4.68. The van der Waals surface area contributed by atoms with Crippen LogP contribution in [0.4, 0.5) is 11.6 Å². The summed E-state index contributed by atoms with van der Waals surface area (Å²) < 4.78 is 7.91. The fraction of sp³-hybridized carbons (Fsp3) is 0.294. The molecule has 0 spiro atoms. The number of fused-ring (bicyclic) bond motifs is 2. The fourth-order valence-corrected chi connectivity index (χ4v) is 4.18. The van der Waals surface area contributed by atoms with Crippen LogP contribution in [0.25, 0.3) is 15.7 Å². The number of anilines is 2. The first-order valence-electron chi connectivity index (χ1n) is 8.32. The highest BCUT2D eigenvalue weighted by molar-refractivity contribution is 7.13. The van der Waals surface area contributed by atoms with Crippen LogP contribution in [0.2, 0.25) is 0 Å². The number of nitrogens with zero attached hydrogens (tertiary/aromatic N) is 7. The Morgan fingerprint density at radius 1 is 0.960 bits per heavy atom. The van der Waals surface area contributed by atoms with E-state index in [0.29, 0.717) is 0 Å². The first-order valence-corrected chi connectivity index (χ1v) is 9.09. The molecule has 4 heterocycles. The molecule has 0 atom stereocenters. The van der Waals surface area contributed by atoms with Crippen LogP contribution < -0.4 is 9.80 Å². The third-order valence-corrected chi connectivity index (χ3v) is 5.53. The summed E-state index contributed by atoms with van der Waals surface area (Å²) in [5.41, 5.74) is 0.826. The Hall–Kier alpha value is -2.74. The van der Waals surface area contributed by atoms with Crippen LogP contribution in [0.5, 0.6) is 0 Å². The zero-order chi connectivity index (χ0) is 16.8. The normalized spacial score (nSPS) is 15.4. The van der Waals surface area contributed by atoms with E-state index in [1.165, 1.54) is 10.1 Å². The van der Waals surface area contributed by atoms with E-state index < -0.39 is 0 Å². The minimum atomic E-state index is 0.826.